The number of rotatable bonds is 0. The maximum absolute atomic E-state index is 5.35. The van der Waals surface area contributed by atoms with E-state index < -0.39 is 0 Å². The van der Waals surface area contributed by atoms with Crippen molar-refractivity contribution >= 4 is 0 Å². The van der Waals surface area contributed by atoms with Crippen LogP contribution in [0.1, 0.15) is 31.9 Å². The summed E-state index contributed by atoms with van der Waals surface area (Å²) >= 11 is 0. The smallest absolute Gasteiger partial charge is 0.216 e. The first kappa shape index (κ1) is 8.54. The van der Waals surface area contributed by atoms with Crippen LogP contribution in [0.25, 0.3) is 0 Å². The lowest BCUT2D eigenvalue weighted by atomic mass is 9.87. The normalized spacial score (nSPS) is 15.3. The molecule has 0 radical (unpaired) electrons. The van der Waals surface area contributed by atoms with Gasteiger partial charge in [-0.2, -0.15) is 0 Å². The van der Waals surface area contributed by atoms with Crippen LogP contribution in [0.15, 0.2) is 12.3 Å². The molecule has 13 heavy (non-hydrogen) atoms. The average Bonchev–Trinajstić information content (AvgIpc) is 2.47. The molecule has 1 aliphatic rings. The zero-order valence-corrected chi connectivity index (χ0v) is 8.42. The maximum atomic E-state index is 5.35. The fraction of sp³-hybridized carbons (Fsp3) is 0.545. The minimum absolute atomic E-state index is 0.185. The van der Waals surface area contributed by atoms with Crippen molar-refractivity contribution in [1.29, 1.82) is 0 Å². The predicted molar refractivity (Wildman–Crippen MR) is 52.1 cm³/mol. The molecule has 0 aromatic carbocycles. The van der Waals surface area contributed by atoms with Gasteiger partial charge in [-0.1, -0.05) is 20.8 Å². The van der Waals surface area contributed by atoms with Crippen LogP contribution >= 0.6 is 0 Å². The van der Waals surface area contributed by atoms with E-state index in [4.69, 9.17) is 4.74 Å². The van der Waals surface area contributed by atoms with Gasteiger partial charge in [-0.05, 0) is 17.0 Å². The highest BCUT2D eigenvalue weighted by atomic mass is 16.5. The molecular formula is C11H15NO. The fourth-order valence-corrected chi connectivity index (χ4v) is 1.47. The van der Waals surface area contributed by atoms with Crippen molar-refractivity contribution in [1.82, 2.24) is 4.98 Å². The molecule has 0 aliphatic carbocycles. The highest BCUT2D eigenvalue weighted by Gasteiger charge is 2.19. The summed E-state index contributed by atoms with van der Waals surface area (Å²) in [4.78, 5) is 4.30. The molecular weight excluding hydrogens is 162 g/mol. The van der Waals surface area contributed by atoms with Crippen molar-refractivity contribution in [3.05, 3.63) is 23.4 Å². The van der Waals surface area contributed by atoms with Gasteiger partial charge in [0.1, 0.15) is 0 Å². The predicted octanol–water partition coefficient (Wildman–Crippen LogP) is 2.31. The third-order valence-electron chi connectivity index (χ3n) is 2.40. The first-order valence-corrected chi connectivity index (χ1v) is 4.69. The quantitative estimate of drug-likeness (QED) is 0.606. The van der Waals surface area contributed by atoms with Gasteiger partial charge >= 0.3 is 0 Å². The molecule has 2 nitrogen and oxygen atoms in total. The number of ether oxygens (including phenoxy) is 1. The van der Waals surface area contributed by atoms with Crippen LogP contribution in [0.4, 0.5) is 0 Å². The molecule has 1 aromatic rings. The van der Waals surface area contributed by atoms with Crippen LogP contribution in [-0.2, 0) is 11.8 Å². The molecule has 0 N–H and O–H groups in total. The van der Waals surface area contributed by atoms with E-state index in [1.54, 1.807) is 0 Å². The highest BCUT2D eigenvalue weighted by Crippen LogP contribution is 2.28. The number of fused-ring (bicyclic) bond motifs is 1. The Bertz CT molecular complexity index is 325. The van der Waals surface area contributed by atoms with Gasteiger partial charge in [0.05, 0.1) is 6.61 Å². The summed E-state index contributed by atoms with van der Waals surface area (Å²) in [6.07, 6.45) is 2.93. The molecule has 0 saturated heterocycles. The summed E-state index contributed by atoms with van der Waals surface area (Å²) in [7, 11) is 0. The van der Waals surface area contributed by atoms with Crippen LogP contribution in [0.2, 0.25) is 0 Å². The maximum Gasteiger partial charge on any atom is 0.216 e. The van der Waals surface area contributed by atoms with Crippen LogP contribution in [0.3, 0.4) is 0 Å². The molecule has 2 rings (SSSR count). The van der Waals surface area contributed by atoms with Gasteiger partial charge in [-0.25, -0.2) is 4.98 Å². The molecule has 2 heteroatoms. The van der Waals surface area contributed by atoms with Gasteiger partial charge in [0, 0.05) is 18.2 Å². The Kier molecular flexibility index (Phi) is 1.79. The highest BCUT2D eigenvalue weighted by molar-refractivity contribution is 5.35. The standard InChI is InChI=1S/C11H15NO/c1-11(2,3)9-6-8-4-5-13-10(8)12-7-9/h6-7H,4-5H2,1-3H3. The van der Waals surface area contributed by atoms with Crippen molar-refractivity contribution < 1.29 is 4.74 Å². The fourth-order valence-electron chi connectivity index (χ4n) is 1.47. The van der Waals surface area contributed by atoms with Gasteiger partial charge in [-0.3, -0.25) is 0 Å². The molecule has 0 atom stereocenters. The summed E-state index contributed by atoms with van der Waals surface area (Å²) in [5.41, 5.74) is 2.73. The summed E-state index contributed by atoms with van der Waals surface area (Å²) in [6, 6.07) is 2.22. The molecule has 0 spiro atoms. The second-order valence-electron chi connectivity index (χ2n) is 4.54. The third kappa shape index (κ3) is 1.53. The molecule has 1 aromatic heterocycles. The van der Waals surface area contributed by atoms with Crippen LogP contribution in [0.5, 0.6) is 5.88 Å². The Morgan fingerprint density at radius 2 is 2.15 bits per heavy atom. The number of hydrogen-bond donors (Lipinski definition) is 0. The van der Waals surface area contributed by atoms with Crippen molar-refractivity contribution in [2.75, 3.05) is 6.61 Å². The Hall–Kier alpha value is -1.05. The average molecular weight is 177 g/mol. The first-order chi connectivity index (χ1) is 6.07. The van der Waals surface area contributed by atoms with Crippen molar-refractivity contribution in [2.24, 2.45) is 0 Å². The molecule has 0 bridgehead atoms. The van der Waals surface area contributed by atoms with Gasteiger partial charge in [0.15, 0.2) is 0 Å². The first-order valence-electron chi connectivity index (χ1n) is 4.69. The van der Waals surface area contributed by atoms with Crippen LogP contribution in [0, 0.1) is 0 Å². The molecule has 0 fully saturated rings. The Morgan fingerprint density at radius 3 is 2.85 bits per heavy atom. The van der Waals surface area contributed by atoms with Gasteiger partial charge < -0.3 is 4.74 Å². The van der Waals surface area contributed by atoms with E-state index in [1.165, 1.54) is 11.1 Å². The zero-order valence-electron chi connectivity index (χ0n) is 8.42. The molecule has 0 saturated carbocycles. The van der Waals surface area contributed by atoms with Gasteiger partial charge in [0.2, 0.25) is 5.88 Å². The summed E-state index contributed by atoms with van der Waals surface area (Å²) < 4.78 is 5.35. The van der Waals surface area contributed by atoms with Gasteiger partial charge in [0.25, 0.3) is 0 Å². The van der Waals surface area contributed by atoms with E-state index in [0.29, 0.717) is 0 Å². The number of nitrogens with zero attached hydrogens (tertiary/aromatic N) is 1. The number of aromatic nitrogens is 1. The lowest BCUT2D eigenvalue weighted by Gasteiger charge is -2.18. The van der Waals surface area contributed by atoms with E-state index in [1.807, 2.05) is 6.20 Å². The molecule has 2 heterocycles. The van der Waals surface area contributed by atoms with Crippen molar-refractivity contribution in [3.63, 3.8) is 0 Å². The third-order valence-corrected chi connectivity index (χ3v) is 2.40. The molecule has 0 unspecified atom stereocenters. The Balaban J connectivity index is 2.42. The minimum Gasteiger partial charge on any atom is -0.477 e. The van der Waals surface area contributed by atoms with Gasteiger partial charge in [-0.15, -0.1) is 0 Å². The van der Waals surface area contributed by atoms with E-state index >= 15 is 0 Å². The molecule has 1 aliphatic heterocycles. The van der Waals surface area contributed by atoms with E-state index in [9.17, 15) is 0 Å². The molecule has 70 valence electrons. The lowest BCUT2D eigenvalue weighted by molar-refractivity contribution is 0.344. The number of pyridine rings is 1. The minimum atomic E-state index is 0.185. The van der Waals surface area contributed by atoms with E-state index in [-0.39, 0.29) is 5.41 Å². The van der Waals surface area contributed by atoms with Crippen LogP contribution in [-0.4, -0.2) is 11.6 Å². The van der Waals surface area contributed by atoms with Crippen molar-refractivity contribution in [3.8, 4) is 5.88 Å². The van der Waals surface area contributed by atoms with Crippen LogP contribution < -0.4 is 4.74 Å². The lowest BCUT2D eigenvalue weighted by Crippen LogP contribution is -2.11. The summed E-state index contributed by atoms with van der Waals surface area (Å²) in [5.74, 6) is 0.827. The van der Waals surface area contributed by atoms with E-state index in [0.717, 1.165) is 18.9 Å². The summed E-state index contributed by atoms with van der Waals surface area (Å²) in [5, 5.41) is 0. The summed E-state index contributed by atoms with van der Waals surface area (Å²) in [6.45, 7) is 7.39. The second-order valence-corrected chi connectivity index (χ2v) is 4.54. The van der Waals surface area contributed by atoms with E-state index in [2.05, 4.69) is 31.8 Å². The topological polar surface area (TPSA) is 22.1 Å². The molecule has 0 amide bonds. The monoisotopic (exact) mass is 177 g/mol. The Labute approximate surface area is 78.9 Å². The number of hydrogen-bond acceptors (Lipinski definition) is 2. The Morgan fingerprint density at radius 1 is 1.38 bits per heavy atom. The SMILES string of the molecule is CC(C)(C)c1cnc2c(c1)CCO2. The largest absolute Gasteiger partial charge is 0.477 e. The van der Waals surface area contributed by atoms with Crippen molar-refractivity contribution in [2.45, 2.75) is 32.6 Å². The second kappa shape index (κ2) is 2.72. The zero-order chi connectivity index (χ0) is 9.47.